The summed E-state index contributed by atoms with van der Waals surface area (Å²) in [6.45, 7) is 0.844. The Morgan fingerprint density at radius 1 is 1.24 bits per heavy atom. The molecule has 3 rings (SSSR count). The summed E-state index contributed by atoms with van der Waals surface area (Å²) < 4.78 is 44.2. The van der Waals surface area contributed by atoms with E-state index in [2.05, 4.69) is 4.98 Å². The number of nitro groups is 1. The third kappa shape index (κ3) is 5.44. The molecule has 0 atom stereocenters. The van der Waals surface area contributed by atoms with Crippen molar-refractivity contribution < 1.29 is 32.4 Å². The van der Waals surface area contributed by atoms with Crippen molar-refractivity contribution in [3.05, 3.63) is 74.8 Å². The highest BCUT2D eigenvalue weighted by Crippen LogP contribution is 2.35. The van der Waals surface area contributed by atoms with E-state index in [9.17, 15) is 32.9 Å². The number of esters is 1. The molecule has 9 nitrogen and oxygen atoms in total. The lowest BCUT2D eigenvalue weighted by Crippen LogP contribution is -2.23. The minimum absolute atomic E-state index is 0.0237. The highest BCUT2D eigenvalue weighted by atomic mass is 32.1. The van der Waals surface area contributed by atoms with E-state index in [1.807, 2.05) is 0 Å². The van der Waals surface area contributed by atoms with Crippen molar-refractivity contribution in [2.45, 2.75) is 19.7 Å². The van der Waals surface area contributed by atoms with Gasteiger partial charge in [0.1, 0.15) is 12.3 Å². The van der Waals surface area contributed by atoms with Crippen molar-refractivity contribution in [1.82, 2.24) is 4.98 Å². The van der Waals surface area contributed by atoms with Gasteiger partial charge < -0.3 is 10.5 Å². The lowest BCUT2D eigenvalue weighted by Gasteiger charge is -2.19. The molecule has 0 unspecified atom stereocenters. The van der Waals surface area contributed by atoms with Crippen molar-refractivity contribution in [1.29, 1.82) is 0 Å². The molecule has 3 aromatic rings. The molecule has 2 aromatic carbocycles. The van der Waals surface area contributed by atoms with E-state index in [-0.39, 0.29) is 34.4 Å². The maximum atomic E-state index is 13.0. The summed E-state index contributed by atoms with van der Waals surface area (Å²) in [6.07, 6.45) is -4.59. The number of carbonyl (C=O) groups excluding carboxylic acids is 2. The van der Waals surface area contributed by atoms with Gasteiger partial charge in [-0.3, -0.25) is 19.8 Å². The zero-order chi connectivity index (χ0) is 24.3. The Hall–Kier alpha value is -4.00. The molecule has 13 heteroatoms. The SMILES string of the molecule is CC(=O)N(c1cccc(C(F)(F)F)c1)c1nc(COC(=O)c2ccc(N)c([N+](=O)[O-])c2)cs1. The summed E-state index contributed by atoms with van der Waals surface area (Å²) in [6, 6.07) is 7.68. The Morgan fingerprint density at radius 2 is 1.97 bits per heavy atom. The van der Waals surface area contributed by atoms with Gasteiger partial charge in [0.05, 0.1) is 27.4 Å². The zero-order valence-corrected chi connectivity index (χ0v) is 17.6. The largest absolute Gasteiger partial charge is 0.456 e. The monoisotopic (exact) mass is 480 g/mol. The molecule has 0 aliphatic carbocycles. The summed E-state index contributed by atoms with van der Waals surface area (Å²) in [4.78, 5) is 39.8. The first-order valence-electron chi connectivity index (χ1n) is 9.10. The molecule has 0 radical (unpaired) electrons. The van der Waals surface area contributed by atoms with Gasteiger partial charge in [-0.2, -0.15) is 13.2 Å². The van der Waals surface area contributed by atoms with Gasteiger partial charge in [-0.25, -0.2) is 9.78 Å². The molecular formula is C20H15F3N4O5S. The Bertz CT molecular complexity index is 1230. The number of amides is 1. The number of carbonyl (C=O) groups is 2. The quantitative estimate of drug-likeness (QED) is 0.234. The standard InChI is InChI=1S/C20H15F3N4O5S/c1-11(28)26(15-4-2-3-13(8-15)20(21,22)23)19-25-14(10-33-19)9-32-18(29)12-5-6-16(24)17(7-12)27(30)31/h2-8,10H,9,24H2,1H3. The first-order chi connectivity index (χ1) is 15.5. The summed E-state index contributed by atoms with van der Waals surface area (Å²) >= 11 is 0.966. The van der Waals surface area contributed by atoms with Gasteiger partial charge in [0, 0.05) is 18.4 Å². The van der Waals surface area contributed by atoms with Crippen LogP contribution in [0.15, 0.2) is 47.8 Å². The highest BCUT2D eigenvalue weighted by Gasteiger charge is 2.31. The van der Waals surface area contributed by atoms with E-state index in [1.54, 1.807) is 0 Å². The number of aromatic nitrogens is 1. The van der Waals surface area contributed by atoms with Crippen molar-refractivity contribution in [2.75, 3.05) is 10.6 Å². The van der Waals surface area contributed by atoms with Crippen LogP contribution >= 0.6 is 11.3 Å². The Balaban J connectivity index is 1.77. The van der Waals surface area contributed by atoms with Crippen LogP contribution in [-0.2, 0) is 22.3 Å². The third-order valence-corrected chi connectivity index (χ3v) is 5.17. The first-order valence-corrected chi connectivity index (χ1v) is 9.98. The van der Waals surface area contributed by atoms with Crippen LogP contribution in [0.3, 0.4) is 0 Å². The third-order valence-electron chi connectivity index (χ3n) is 4.29. The molecule has 1 aromatic heterocycles. The number of halogens is 3. The molecule has 0 aliphatic heterocycles. The number of rotatable bonds is 6. The zero-order valence-electron chi connectivity index (χ0n) is 16.8. The van der Waals surface area contributed by atoms with Gasteiger partial charge in [0.2, 0.25) is 5.91 Å². The van der Waals surface area contributed by atoms with E-state index < -0.39 is 34.2 Å². The van der Waals surface area contributed by atoms with Crippen molar-refractivity contribution in [3.63, 3.8) is 0 Å². The van der Waals surface area contributed by atoms with Crippen LogP contribution in [0, 0.1) is 10.1 Å². The van der Waals surface area contributed by atoms with Crippen LogP contribution in [0.1, 0.15) is 28.5 Å². The summed E-state index contributed by atoms with van der Waals surface area (Å²) in [5, 5.41) is 12.5. The number of hydrogen-bond donors (Lipinski definition) is 1. The molecule has 0 saturated heterocycles. The predicted octanol–water partition coefficient (Wildman–Crippen LogP) is 4.69. The Kier molecular flexibility index (Phi) is 6.62. The number of anilines is 3. The van der Waals surface area contributed by atoms with E-state index >= 15 is 0 Å². The average Bonchev–Trinajstić information content (AvgIpc) is 3.20. The van der Waals surface area contributed by atoms with E-state index in [0.717, 1.165) is 34.4 Å². The predicted molar refractivity (Wildman–Crippen MR) is 113 cm³/mol. The maximum absolute atomic E-state index is 13.0. The van der Waals surface area contributed by atoms with E-state index in [1.165, 1.54) is 36.6 Å². The second kappa shape index (κ2) is 9.24. The number of benzene rings is 2. The number of ether oxygens (including phenoxy) is 1. The van der Waals surface area contributed by atoms with Crippen LogP contribution in [0.25, 0.3) is 0 Å². The van der Waals surface area contributed by atoms with Crippen molar-refractivity contribution in [2.24, 2.45) is 0 Å². The minimum atomic E-state index is -4.59. The molecule has 172 valence electrons. The van der Waals surface area contributed by atoms with Gasteiger partial charge in [-0.1, -0.05) is 6.07 Å². The number of hydrogen-bond acceptors (Lipinski definition) is 8. The van der Waals surface area contributed by atoms with Crippen molar-refractivity contribution >= 4 is 45.4 Å². The number of nitrogens with two attached hydrogens (primary N) is 1. The molecule has 33 heavy (non-hydrogen) atoms. The van der Waals surface area contributed by atoms with Gasteiger partial charge in [0.25, 0.3) is 5.69 Å². The molecule has 0 spiro atoms. The summed E-state index contributed by atoms with van der Waals surface area (Å²) in [5.41, 5.74) is 4.12. The van der Waals surface area contributed by atoms with Crippen molar-refractivity contribution in [3.8, 4) is 0 Å². The summed E-state index contributed by atoms with van der Waals surface area (Å²) in [7, 11) is 0. The smallest absolute Gasteiger partial charge is 0.416 e. The number of nitrogen functional groups attached to an aromatic ring is 1. The summed E-state index contributed by atoms with van der Waals surface area (Å²) in [5.74, 6) is -1.43. The van der Waals surface area contributed by atoms with Crippen LogP contribution in [0.5, 0.6) is 0 Å². The molecule has 1 heterocycles. The average molecular weight is 480 g/mol. The molecular weight excluding hydrogens is 465 g/mol. The molecule has 0 saturated carbocycles. The van der Waals surface area contributed by atoms with Gasteiger partial charge in [-0.15, -0.1) is 11.3 Å². The van der Waals surface area contributed by atoms with Gasteiger partial charge in [-0.05, 0) is 30.3 Å². The number of thiazole rings is 1. The molecule has 1 amide bonds. The number of nitrogens with zero attached hydrogens (tertiary/aromatic N) is 3. The molecule has 0 bridgehead atoms. The van der Waals surface area contributed by atoms with Gasteiger partial charge in [0.15, 0.2) is 5.13 Å². The topological polar surface area (TPSA) is 129 Å². The molecule has 0 fully saturated rings. The first kappa shape index (κ1) is 23.7. The van der Waals surface area contributed by atoms with Crippen LogP contribution in [-0.4, -0.2) is 21.8 Å². The second-order valence-electron chi connectivity index (χ2n) is 6.63. The minimum Gasteiger partial charge on any atom is -0.456 e. The second-order valence-corrected chi connectivity index (χ2v) is 7.47. The normalized spacial score (nSPS) is 11.2. The Labute approximate surface area is 188 Å². The number of alkyl halides is 3. The van der Waals surface area contributed by atoms with Crippen LogP contribution in [0.4, 0.5) is 35.4 Å². The van der Waals surface area contributed by atoms with Crippen LogP contribution in [0.2, 0.25) is 0 Å². The fourth-order valence-electron chi connectivity index (χ4n) is 2.77. The molecule has 0 aliphatic rings. The van der Waals surface area contributed by atoms with E-state index in [0.29, 0.717) is 0 Å². The lowest BCUT2D eigenvalue weighted by molar-refractivity contribution is -0.383. The lowest BCUT2D eigenvalue weighted by atomic mass is 10.2. The van der Waals surface area contributed by atoms with Gasteiger partial charge >= 0.3 is 12.1 Å². The van der Waals surface area contributed by atoms with Crippen LogP contribution < -0.4 is 10.6 Å². The fraction of sp³-hybridized carbons (Fsp3) is 0.150. The maximum Gasteiger partial charge on any atom is 0.416 e. The fourth-order valence-corrected chi connectivity index (χ4v) is 3.64. The molecule has 2 N–H and O–H groups in total. The Morgan fingerprint density at radius 3 is 2.61 bits per heavy atom. The van der Waals surface area contributed by atoms with E-state index in [4.69, 9.17) is 10.5 Å². The number of nitro benzene ring substituents is 1. The highest BCUT2D eigenvalue weighted by molar-refractivity contribution is 7.14.